The number of amides is 1. The fourth-order valence-electron chi connectivity index (χ4n) is 11.1. The van der Waals surface area contributed by atoms with Gasteiger partial charge in [-0.25, -0.2) is 23.1 Å². The molecule has 350 valence electrons. The smallest absolute Gasteiger partial charge is 0.312 e. The summed E-state index contributed by atoms with van der Waals surface area (Å²) in [4.78, 5) is 41.6. The molecule has 2 saturated carbocycles. The number of anilines is 2. The predicted molar refractivity (Wildman–Crippen MR) is 255 cm³/mol. The number of carbonyl (C=O) groups excluding carboxylic acids is 1. The highest BCUT2D eigenvalue weighted by Crippen LogP contribution is 2.49. The lowest BCUT2D eigenvalue weighted by Gasteiger charge is -2.48. The van der Waals surface area contributed by atoms with Crippen LogP contribution in [0.5, 0.6) is 11.5 Å². The van der Waals surface area contributed by atoms with Gasteiger partial charge in [-0.1, -0.05) is 38.1 Å². The summed E-state index contributed by atoms with van der Waals surface area (Å²) in [6.45, 7) is 9.63. The number of rotatable bonds is 13. The second-order valence-corrected chi connectivity index (χ2v) is 21.5. The molecule has 5 aromatic rings. The summed E-state index contributed by atoms with van der Waals surface area (Å²) in [6.07, 6.45) is 16.4. The number of hydrogen-bond acceptors (Lipinski definition) is 12. The molecule has 1 atom stereocenters. The van der Waals surface area contributed by atoms with Crippen molar-refractivity contribution < 1.29 is 28.0 Å². The van der Waals surface area contributed by atoms with Gasteiger partial charge in [0.2, 0.25) is 5.82 Å². The first-order valence-electron chi connectivity index (χ1n) is 23.7. The summed E-state index contributed by atoms with van der Waals surface area (Å²) < 4.78 is 35.9. The molecule has 2 saturated heterocycles. The number of aromatic nitrogens is 3. The van der Waals surface area contributed by atoms with E-state index in [0.717, 1.165) is 62.1 Å². The van der Waals surface area contributed by atoms with Crippen LogP contribution in [-0.2, 0) is 10.0 Å². The first-order valence-corrected chi connectivity index (χ1v) is 25.2. The molecule has 5 heterocycles. The highest BCUT2D eigenvalue weighted by atomic mass is 32.2. The standard InChI is InChI=1S/C50H62N8O7S/c1-33(2)40-7-4-5-8-41(40)43-9-6-24-57(43)36-14-19-50(20-15-36)21-25-56(26-22-50)37-10-11-42(45(28-37)65-38-27-35-16-23-51-46(35)53-31-38)48(59)55-66(63,64)39-29-44(58(61)62)47(54-32-39)52-30-34-12-17-49(3,60)18-13-34/h4-5,7-8,10-11,16,23,27-29,31-34,36,43,60H,6,9,12-15,17-22,24-26,30H2,1-3H3,(H,51,53)(H,52,54)(H,55,59)/t34?,43-,49?/m0/s1. The van der Waals surface area contributed by atoms with Gasteiger partial charge in [-0.15, -0.1) is 0 Å². The van der Waals surface area contributed by atoms with Gasteiger partial charge in [-0.2, -0.15) is 0 Å². The van der Waals surface area contributed by atoms with Crippen molar-refractivity contribution in [3.05, 3.63) is 106 Å². The molecule has 15 nitrogen and oxygen atoms in total. The van der Waals surface area contributed by atoms with E-state index in [4.69, 9.17) is 4.74 Å². The Hall–Kier alpha value is -5.58. The summed E-state index contributed by atoms with van der Waals surface area (Å²) >= 11 is 0. The van der Waals surface area contributed by atoms with Crippen LogP contribution in [0.25, 0.3) is 11.0 Å². The van der Waals surface area contributed by atoms with Crippen molar-refractivity contribution in [2.45, 2.75) is 126 Å². The third-order valence-corrected chi connectivity index (χ3v) is 16.4. The number of pyridine rings is 2. The first kappa shape index (κ1) is 45.6. The van der Waals surface area contributed by atoms with Crippen molar-refractivity contribution >= 4 is 44.2 Å². The van der Waals surface area contributed by atoms with E-state index in [-0.39, 0.29) is 23.0 Å². The molecule has 3 aromatic heterocycles. The lowest BCUT2D eigenvalue weighted by Crippen LogP contribution is -2.45. The van der Waals surface area contributed by atoms with Crippen LogP contribution in [-0.4, -0.2) is 82.0 Å². The molecule has 4 N–H and O–H groups in total. The molecule has 4 fully saturated rings. The van der Waals surface area contributed by atoms with E-state index in [0.29, 0.717) is 54.2 Å². The number of sulfonamides is 1. The van der Waals surface area contributed by atoms with Crippen molar-refractivity contribution in [2.24, 2.45) is 11.3 Å². The van der Waals surface area contributed by atoms with Crippen LogP contribution in [0.4, 0.5) is 17.2 Å². The number of aromatic amines is 1. The zero-order valence-corrected chi connectivity index (χ0v) is 39.0. The zero-order valence-electron chi connectivity index (χ0n) is 38.2. The van der Waals surface area contributed by atoms with Gasteiger partial charge in [0.25, 0.3) is 15.9 Å². The third kappa shape index (κ3) is 9.77. The Bertz CT molecular complexity index is 2680. The Kier molecular flexibility index (Phi) is 12.8. The van der Waals surface area contributed by atoms with Crippen LogP contribution in [0.1, 0.15) is 131 Å². The zero-order chi connectivity index (χ0) is 46.2. The van der Waals surface area contributed by atoms with E-state index >= 15 is 0 Å². The van der Waals surface area contributed by atoms with Crippen molar-refractivity contribution in [3.8, 4) is 11.5 Å². The maximum absolute atomic E-state index is 14.0. The molecule has 2 aliphatic carbocycles. The lowest BCUT2D eigenvalue weighted by molar-refractivity contribution is -0.384. The normalized spacial score (nSPS) is 22.8. The maximum atomic E-state index is 14.0. The Labute approximate surface area is 387 Å². The van der Waals surface area contributed by atoms with Crippen molar-refractivity contribution in [3.63, 3.8) is 0 Å². The van der Waals surface area contributed by atoms with Crippen LogP contribution < -0.4 is 19.7 Å². The van der Waals surface area contributed by atoms with Gasteiger partial charge in [0.05, 0.1) is 28.5 Å². The summed E-state index contributed by atoms with van der Waals surface area (Å²) in [6, 6.07) is 19.8. The molecule has 2 aliphatic heterocycles. The number of likely N-dealkylation sites (tertiary alicyclic amines) is 1. The molecule has 1 amide bonds. The number of hydrogen-bond donors (Lipinski definition) is 4. The van der Waals surface area contributed by atoms with Crippen LogP contribution in [0.3, 0.4) is 0 Å². The maximum Gasteiger partial charge on any atom is 0.312 e. The molecule has 66 heavy (non-hydrogen) atoms. The Balaban J connectivity index is 0.887. The monoisotopic (exact) mass is 918 g/mol. The number of nitrogens with zero attached hydrogens (tertiary/aromatic N) is 5. The fraction of sp³-hybridized carbons (Fsp3) is 0.500. The molecule has 0 unspecified atom stereocenters. The molecule has 9 rings (SSSR count). The van der Waals surface area contributed by atoms with Crippen LogP contribution in [0, 0.1) is 21.4 Å². The van der Waals surface area contributed by atoms with Gasteiger partial charge in [0.1, 0.15) is 22.0 Å². The molecule has 4 aliphatic rings. The molecule has 0 bridgehead atoms. The van der Waals surface area contributed by atoms with E-state index < -0.39 is 37.0 Å². The minimum Gasteiger partial charge on any atom is -0.455 e. The van der Waals surface area contributed by atoms with Crippen LogP contribution in [0.2, 0.25) is 0 Å². The topological polar surface area (TPSA) is 196 Å². The average Bonchev–Trinajstić information content (AvgIpc) is 3.99. The number of nitro groups is 1. The summed E-state index contributed by atoms with van der Waals surface area (Å²) in [5.74, 6) is 0.139. The first-order chi connectivity index (χ1) is 31.7. The molecular weight excluding hydrogens is 857 g/mol. The summed E-state index contributed by atoms with van der Waals surface area (Å²) in [5.41, 5.74) is 3.51. The lowest BCUT2D eigenvalue weighted by atomic mass is 9.66. The van der Waals surface area contributed by atoms with Gasteiger partial charge in [-0.3, -0.25) is 19.8 Å². The molecule has 1 spiro atoms. The summed E-state index contributed by atoms with van der Waals surface area (Å²) in [5, 5.41) is 26.2. The molecule has 0 radical (unpaired) electrons. The van der Waals surface area contributed by atoms with Gasteiger partial charge in [0, 0.05) is 61.1 Å². The number of fused-ring (bicyclic) bond motifs is 1. The van der Waals surface area contributed by atoms with Gasteiger partial charge in [0.15, 0.2) is 0 Å². The van der Waals surface area contributed by atoms with E-state index in [9.17, 15) is 28.4 Å². The van der Waals surface area contributed by atoms with Gasteiger partial charge < -0.3 is 25.0 Å². The largest absolute Gasteiger partial charge is 0.455 e. The highest BCUT2D eigenvalue weighted by Gasteiger charge is 2.42. The fourth-order valence-corrected chi connectivity index (χ4v) is 12.0. The van der Waals surface area contributed by atoms with E-state index in [1.54, 1.807) is 31.3 Å². The van der Waals surface area contributed by atoms with Crippen molar-refractivity contribution in [1.82, 2.24) is 24.6 Å². The quantitative estimate of drug-likeness (QED) is 0.0646. The van der Waals surface area contributed by atoms with E-state index in [1.165, 1.54) is 62.4 Å². The van der Waals surface area contributed by atoms with Gasteiger partial charge >= 0.3 is 5.69 Å². The van der Waals surface area contributed by atoms with Crippen LogP contribution >= 0.6 is 0 Å². The number of piperidine rings is 1. The predicted octanol–water partition coefficient (Wildman–Crippen LogP) is 9.62. The molecule has 2 aromatic carbocycles. The minimum atomic E-state index is -4.63. The second-order valence-electron chi connectivity index (χ2n) is 19.8. The molecular formula is C50H62N8O7S. The number of ether oxygens (including phenoxy) is 1. The minimum absolute atomic E-state index is 0.0354. The number of aliphatic hydroxyl groups is 1. The number of H-pyrrole nitrogens is 1. The average molecular weight is 919 g/mol. The Morgan fingerprint density at radius 3 is 2.45 bits per heavy atom. The van der Waals surface area contributed by atoms with Crippen molar-refractivity contribution in [1.29, 1.82) is 0 Å². The van der Waals surface area contributed by atoms with Crippen LogP contribution in [0.15, 0.2) is 84.1 Å². The second kappa shape index (κ2) is 18.6. The number of carbonyl (C=O) groups is 1. The number of nitrogens with one attached hydrogen (secondary N) is 3. The third-order valence-electron chi connectivity index (χ3n) is 15.1. The number of benzene rings is 2. The van der Waals surface area contributed by atoms with Gasteiger partial charge in [-0.05, 0) is 143 Å². The SMILES string of the molecule is CC(C)c1ccccc1[C@@H]1CCCN1C1CCC2(CC1)CCN(c1ccc(C(=O)NS(=O)(=O)c3cnc(NCC4CCC(C)(O)CC4)c([N+](=O)[O-])c3)c(Oc3cnc4[nH]ccc4c3)c1)CC2. The van der Waals surface area contributed by atoms with E-state index in [1.807, 2.05) is 12.1 Å². The van der Waals surface area contributed by atoms with E-state index in [2.05, 4.69) is 72.9 Å². The Morgan fingerprint density at radius 2 is 1.71 bits per heavy atom. The highest BCUT2D eigenvalue weighted by molar-refractivity contribution is 7.90. The van der Waals surface area contributed by atoms with Crippen molar-refractivity contribution in [2.75, 3.05) is 36.4 Å². The Morgan fingerprint density at radius 1 is 0.955 bits per heavy atom. The molecule has 16 heteroatoms. The summed E-state index contributed by atoms with van der Waals surface area (Å²) in [7, 11) is -4.63.